The molecule has 2 N–H and O–H groups in total. The van der Waals surface area contributed by atoms with Gasteiger partial charge in [0.05, 0.1) is 6.54 Å². The van der Waals surface area contributed by atoms with E-state index in [2.05, 4.69) is 20.8 Å². The Morgan fingerprint density at radius 2 is 2.18 bits per heavy atom. The van der Waals surface area contributed by atoms with Crippen LogP contribution in [0, 0.1) is 0 Å². The molecule has 1 unspecified atom stereocenters. The fourth-order valence-electron chi connectivity index (χ4n) is 2.59. The number of amides is 1. The summed E-state index contributed by atoms with van der Waals surface area (Å²) in [4.78, 5) is 11.9. The molecular formula is C15H20ClN5O. The lowest BCUT2D eigenvalue weighted by Crippen LogP contribution is -2.32. The fourth-order valence-corrected chi connectivity index (χ4v) is 2.59. The molecule has 118 valence electrons. The minimum atomic E-state index is 0. The molecule has 1 aliphatic rings. The quantitative estimate of drug-likeness (QED) is 0.874. The second-order valence-electron chi connectivity index (χ2n) is 5.23. The summed E-state index contributed by atoms with van der Waals surface area (Å²) in [7, 11) is 0. The van der Waals surface area contributed by atoms with Gasteiger partial charge in [0, 0.05) is 18.2 Å². The van der Waals surface area contributed by atoms with E-state index in [1.165, 1.54) is 0 Å². The van der Waals surface area contributed by atoms with Gasteiger partial charge in [-0.3, -0.25) is 9.36 Å². The second kappa shape index (κ2) is 7.91. The maximum absolute atomic E-state index is 11.9. The lowest BCUT2D eigenvalue weighted by atomic mass is 10.1. The van der Waals surface area contributed by atoms with Gasteiger partial charge in [-0.25, -0.2) is 0 Å². The van der Waals surface area contributed by atoms with E-state index in [1.807, 2.05) is 34.9 Å². The number of nitrogens with one attached hydrogen (secondary N) is 2. The van der Waals surface area contributed by atoms with E-state index < -0.39 is 0 Å². The molecule has 0 bridgehead atoms. The Hall–Kier alpha value is -1.92. The van der Waals surface area contributed by atoms with Crippen LogP contribution in [-0.2, 0) is 11.3 Å². The maximum Gasteiger partial charge on any atom is 0.221 e. The Labute approximate surface area is 135 Å². The minimum Gasteiger partial charge on any atom is -0.349 e. The first-order chi connectivity index (χ1) is 10.3. The van der Waals surface area contributed by atoms with E-state index in [0.717, 1.165) is 30.9 Å². The molecule has 3 rings (SSSR count). The van der Waals surface area contributed by atoms with Gasteiger partial charge in [0.2, 0.25) is 5.91 Å². The van der Waals surface area contributed by atoms with Crippen molar-refractivity contribution in [1.29, 1.82) is 0 Å². The smallest absolute Gasteiger partial charge is 0.221 e. The number of para-hydroxylation sites is 1. The summed E-state index contributed by atoms with van der Waals surface area (Å²) in [5.41, 5.74) is 0.990. The number of hydrogen-bond acceptors (Lipinski definition) is 4. The molecule has 6 nitrogen and oxygen atoms in total. The molecule has 22 heavy (non-hydrogen) atoms. The molecule has 0 aliphatic carbocycles. The maximum atomic E-state index is 11.9. The van der Waals surface area contributed by atoms with Crippen LogP contribution < -0.4 is 10.6 Å². The van der Waals surface area contributed by atoms with Gasteiger partial charge in [-0.05, 0) is 31.5 Å². The predicted molar refractivity (Wildman–Crippen MR) is 86.1 cm³/mol. The number of halogens is 1. The largest absolute Gasteiger partial charge is 0.349 e. The number of carbonyl (C=O) groups is 1. The number of benzene rings is 1. The van der Waals surface area contributed by atoms with Crippen LogP contribution in [0.3, 0.4) is 0 Å². The van der Waals surface area contributed by atoms with E-state index in [9.17, 15) is 4.79 Å². The summed E-state index contributed by atoms with van der Waals surface area (Å²) < 4.78 is 1.88. The summed E-state index contributed by atoms with van der Waals surface area (Å²) in [5.74, 6) is 0.783. The first kappa shape index (κ1) is 16.5. The number of aromatic nitrogens is 3. The lowest BCUT2D eigenvalue weighted by molar-refractivity contribution is -0.121. The predicted octanol–water partition coefficient (Wildman–Crippen LogP) is 1.45. The third kappa shape index (κ3) is 4.05. The Bertz CT molecular complexity index is 595. The fraction of sp³-hybridized carbons (Fsp3) is 0.400. The van der Waals surface area contributed by atoms with Crippen LogP contribution in [0.25, 0.3) is 5.69 Å². The Kier molecular flexibility index (Phi) is 5.91. The summed E-state index contributed by atoms with van der Waals surface area (Å²) in [6.45, 7) is 1.40. The summed E-state index contributed by atoms with van der Waals surface area (Å²) in [5, 5.41) is 14.3. The molecule has 7 heteroatoms. The Balaban J connectivity index is 0.00000176. The van der Waals surface area contributed by atoms with Crippen LogP contribution in [-0.4, -0.2) is 33.3 Å². The zero-order valence-electron chi connectivity index (χ0n) is 12.2. The van der Waals surface area contributed by atoms with Gasteiger partial charge in [0.15, 0.2) is 5.82 Å². The standard InChI is InChI=1S/C15H19N5O.ClH/c21-15(9-12-5-4-8-16-12)17-10-14-19-18-11-20(14)13-6-2-1-3-7-13;/h1-3,6-7,11-12,16H,4-5,8-10H2,(H,17,21);1H. The lowest BCUT2D eigenvalue weighted by Gasteiger charge is -2.11. The van der Waals surface area contributed by atoms with Crippen molar-refractivity contribution in [3.63, 3.8) is 0 Å². The highest BCUT2D eigenvalue weighted by Gasteiger charge is 2.17. The molecular weight excluding hydrogens is 302 g/mol. The van der Waals surface area contributed by atoms with Crippen molar-refractivity contribution in [2.24, 2.45) is 0 Å². The molecule has 2 heterocycles. The molecule has 0 saturated carbocycles. The van der Waals surface area contributed by atoms with Crippen molar-refractivity contribution >= 4 is 18.3 Å². The first-order valence-corrected chi connectivity index (χ1v) is 7.27. The summed E-state index contributed by atoms with van der Waals surface area (Å²) >= 11 is 0. The van der Waals surface area contributed by atoms with E-state index in [1.54, 1.807) is 6.33 Å². The molecule has 0 radical (unpaired) electrons. The minimum absolute atomic E-state index is 0. The van der Waals surface area contributed by atoms with Crippen LogP contribution >= 0.6 is 12.4 Å². The third-order valence-electron chi connectivity index (χ3n) is 3.69. The van der Waals surface area contributed by atoms with Crippen molar-refractivity contribution in [1.82, 2.24) is 25.4 Å². The van der Waals surface area contributed by atoms with Gasteiger partial charge in [-0.2, -0.15) is 0 Å². The van der Waals surface area contributed by atoms with Crippen molar-refractivity contribution < 1.29 is 4.79 Å². The first-order valence-electron chi connectivity index (χ1n) is 7.27. The molecule has 1 aliphatic heterocycles. The van der Waals surface area contributed by atoms with E-state index in [-0.39, 0.29) is 18.3 Å². The van der Waals surface area contributed by atoms with Crippen LogP contribution in [0.5, 0.6) is 0 Å². The average Bonchev–Trinajstić information content (AvgIpc) is 3.17. The molecule has 1 saturated heterocycles. The highest BCUT2D eigenvalue weighted by atomic mass is 35.5. The molecule has 1 aromatic carbocycles. The number of nitrogens with zero attached hydrogens (tertiary/aromatic N) is 3. The van der Waals surface area contributed by atoms with Crippen LogP contribution in [0.15, 0.2) is 36.7 Å². The van der Waals surface area contributed by atoms with E-state index >= 15 is 0 Å². The van der Waals surface area contributed by atoms with Crippen LogP contribution in [0.4, 0.5) is 0 Å². The number of rotatable bonds is 5. The highest BCUT2D eigenvalue weighted by Crippen LogP contribution is 2.10. The van der Waals surface area contributed by atoms with E-state index in [0.29, 0.717) is 19.0 Å². The van der Waals surface area contributed by atoms with Crippen molar-refractivity contribution in [3.05, 3.63) is 42.5 Å². The average molecular weight is 322 g/mol. The van der Waals surface area contributed by atoms with Crippen molar-refractivity contribution in [3.8, 4) is 5.69 Å². The molecule has 1 fully saturated rings. The molecule has 1 aromatic heterocycles. The van der Waals surface area contributed by atoms with Crippen molar-refractivity contribution in [2.45, 2.75) is 31.8 Å². The van der Waals surface area contributed by atoms with Crippen LogP contribution in [0.2, 0.25) is 0 Å². The van der Waals surface area contributed by atoms with Gasteiger partial charge in [0.25, 0.3) is 0 Å². The molecule has 1 amide bonds. The van der Waals surface area contributed by atoms with Gasteiger partial charge >= 0.3 is 0 Å². The van der Waals surface area contributed by atoms with Crippen molar-refractivity contribution in [2.75, 3.05) is 6.54 Å². The summed E-state index contributed by atoms with van der Waals surface area (Å²) in [6, 6.07) is 10.2. The highest BCUT2D eigenvalue weighted by molar-refractivity contribution is 5.85. The van der Waals surface area contributed by atoms with Crippen LogP contribution in [0.1, 0.15) is 25.1 Å². The molecule has 2 aromatic rings. The van der Waals surface area contributed by atoms with Gasteiger partial charge in [-0.1, -0.05) is 18.2 Å². The molecule has 1 atom stereocenters. The normalized spacial score (nSPS) is 17.0. The molecule has 0 spiro atoms. The summed E-state index contributed by atoms with van der Waals surface area (Å²) in [6.07, 6.45) is 4.42. The van der Waals surface area contributed by atoms with Gasteiger partial charge < -0.3 is 10.6 Å². The monoisotopic (exact) mass is 321 g/mol. The number of hydrogen-bond donors (Lipinski definition) is 2. The Morgan fingerprint density at radius 1 is 1.36 bits per heavy atom. The SMILES string of the molecule is Cl.O=C(CC1CCCN1)NCc1nncn1-c1ccccc1. The Morgan fingerprint density at radius 3 is 2.91 bits per heavy atom. The second-order valence-corrected chi connectivity index (χ2v) is 5.23. The van der Waals surface area contributed by atoms with Gasteiger partial charge in [0.1, 0.15) is 6.33 Å². The number of carbonyl (C=O) groups excluding carboxylic acids is 1. The zero-order chi connectivity index (χ0) is 14.5. The third-order valence-corrected chi connectivity index (χ3v) is 3.69. The van der Waals surface area contributed by atoms with Gasteiger partial charge in [-0.15, -0.1) is 22.6 Å². The zero-order valence-corrected chi connectivity index (χ0v) is 13.1. The van der Waals surface area contributed by atoms with E-state index in [4.69, 9.17) is 0 Å². The topological polar surface area (TPSA) is 71.8 Å².